The maximum atomic E-state index is 12.5. The van der Waals surface area contributed by atoms with Crippen molar-refractivity contribution in [1.82, 2.24) is 0 Å². The number of carboxylic acid groups (broad SMARTS) is 1. The van der Waals surface area contributed by atoms with Crippen molar-refractivity contribution >= 4 is 33.5 Å². The van der Waals surface area contributed by atoms with E-state index in [0.29, 0.717) is 17.3 Å². The summed E-state index contributed by atoms with van der Waals surface area (Å²) in [6, 6.07) is 32.9. The van der Waals surface area contributed by atoms with Crippen LogP contribution in [-0.4, -0.2) is 33.7 Å². The van der Waals surface area contributed by atoms with E-state index in [9.17, 15) is 14.7 Å². The number of ether oxygens (including phenoxy) is 1. The Morgan fingerprint density at radius 2 is 1.22 bits per heavy atom. The van der Waals surface area contributed by atoms with Crippen molar-refractivity contribution in [3.05, 3.63) is 125 Å². The van der Waals surface area contributed by atoms with Crippen LogP contribution in [0.5, 0.6) is 5.75 Å². The Morgan fingerprint density at radius 1 is 0.732 bits per heavy atom. The number of hydrogen-bond acceptors (Lipinski definition) is 6. The average molecular weight is 585 g/mol. The highest BCUT2D eigenvalue weighted by Crippen LogP contribution is 2.56. The van der Waals surface area contributed by atoms with E-state index in [1.165, 1.54) is 43.8 Å². The molecule has 0 aromatic heterocycles. The number of aliphatic carboxylic acids is 1. The summed E-state index contributed by atoms with van der Waals surface area (Å²) < 4.78 is 5.62. The number of carbonyl (C=O) groups excluding carboxylic acids is 1. The Balaban J connectivity index is 1.46. The highest BCUT2D eigenvalue weighted by molar-refractivity contribution is 8.76. The molecule has 0 spiro atoms. The maximum absolute atomic E-state index is 12.5. The van der Waals surface area contributed by atoms with Crippen LogP contribution in [0.4, 0.5) is 0 Å². The van der Waals surface area contributed by atoms with E-state index in [-0.39, 0.29) is 18.8 Å². The van der Waals surface area contributed by atoms with E-state index in [1.807, 2.05) is 36.4 Å². The number of carboxylic acids is 1. The fraction of sp³-hybridized carbons (Fsp3) is 0.235. The first-order valence-corrected chi connectivity index (χ1v) is 16.0. The van der Waals surface area contributed by atoms with Crippen molar-refractivity contribution in [1.29, 1.82) is 0 Å². The van der Waals surface area contributed by atoms with Crippen molar-refractivity contribution < 1.29 is 24.5 Å². The lowest BCUT2D eigenvalue weighted by molar-refractivity contribution is -0.136. The fourth-order valence-corrected chi connectivity index (χ4v) is 7.43. The molecule has 1 aliphatic rings. The molecule has 0 bridgehead atoms. The predicted molar refractivity (Wildman–Crippen MR) is 166 cm³/mol. The van der Waals surface area contributed by atoms with Crippen LogP contribution in [0, 0.1) is 0 Å². The number of esters is 1. The van der Waals surface area contributed by atoms with Crippen LogP contribution >= 0.6 is 21.6 Å². The highest BCUT2D eigenvalue weighted by Gasteiger charge is 2.45. The molecule has 4 aromatic rings. The van der Waals surface area contributed by atoms with Gasteiger partial charge in [0.1, 0.15) is 5.75 Å². The van der Waals surface area contributed by atoms with E-state index in [0.717, 1.165) is 16.7 Å². The first-order chi connectivity index (χ1) is 19.7. The van der Waals surface area contributed by atoms with Crippen LogP contribution in [0.25, 0.3) is 11.1 Å². The van der Waals surface area contributed by atoms with Crippen molar-refractivity contribution in [2.75, 3.05) is 11.5 Å². The third kappa shape index (κ3) is 5.94. The maximum Gasteiger partial charge on any atom is 0.312 e. The summed E-state index contributed by atoms with van der Waals surface area (Å²) in [7, 11) is 2.93. The summed E-state index contributed by atoms with van der Waals surface area (Å²) in [4.78, 5) is 23.1. The van der Waals surface area contributed by atoms with Gasteiger partial charge in [-0.25, -0.2) is 0 Å². The monoisotopic (exact) mass is 584 g/mol. The largest absolute Gasteiger partial charge is 0.481 e. The van der Waals surface area contributed by atoms with Crippen molar-refractivity contribution in [2.45, 2.75) is 37.7 Å². The van der Waals surface area contributed by atoms with Crippen LogP contribution in [0.1, 0.15) is 54.5 Å². The molecule has 1 aliphatic carbocycles. The number of carbonyl (C=O) groups is 2. The summed E-state index contributed by atoms with van der Waals surface area (Å²) in [6.45, 7) is 3.57. The van der Waals surface area contributed by atoms with Gasteiger partial charge in [0.15, 0.2) is 0 Å². The smallest absolute Gasteiger partial charge is 0.312 e. The molecular weight excluding hydrogens is 553 g/mol. The normalized spacial score (nSPS) is 13.3. The Labute approximate surface area is 248 Å². The van der Waals surface area contributed by atoms with E-state index in [1.54, 1.807) is 13.8 Å². The number of hydrogen-bond donors (Lipinski definition) is 2. The van der Waals surface area contributed by atoms with Gasteiger partial charge in [-0.15, -0.1) is 0 Å². The zero-order chi connectivity index (χ0) is 29.0. The predicted octanol–water partition coefficient (Wildman–Crippen LogP) is 7.43. The lowest BCUT2D eigenvalue weighted by Gasteiger charge is -2.34. The Hall–Kier alpha value is -3.52. The topological polar surface area (TPSA) is 83.8 Å². The summed E-state index contributed by atoms with van der Waals surface area (Å²) in [5, 5.41) is 19.3. The number of rotatable bonds is 11. The first kappa shape index (κ1) is 29.0. The number of fused-ring (bicyclic) bond motifs is 3. The molecule has 0 saturated carbocycles. The average Bonchev–Trinajstić information content (AvgIpc) is 3.26. The molecule has 0 radical (unpaired) electrons. The third-order valence-electron chi connectivity index (χ3n) is 7.37. The second-order valence-corrected chi connectivity index (χ2v) is 13.2. The molecule has 41 heavy (non-hydrogen) atoms. The summed E-state index contributed by atoms with van der Waals surface area (Å²) >= 11 is 0. The van der Waals surface area contributed by atoms with E-state index >= 15 is 0 Å². The number of benzene rings is 4. The molecule has 2 N–H and O–H groups in total. The van der Waals surface area contributed by atoms with Gasteiger partial charge in [-0.2, -0.15) is 0 Å². The Kier molecular flexibility index (Phi) is 8.59. The molecule has 210 valence electrons. The second-order valence-electron chi connectivity index (χ2n) is 10.5. The van der Waals surface area contributed by atoms with Gasteiger partial charge in [-0.1, -0.05) is 107 Å². The molecule has 7 heteroatoms. The van der Waals surface area contributed by atoms with Crippen LogP contribution in [0.3, 0.4) is 0 Å². The molecular formula is C34H32O5S2. The van der Waals surface area contributed by atoms with Crippen LogP contribution in [0.2, 0.25) is 0 Å². The van der Waals surface area contributed by atoms with Gasteiger partial charge in [-0.3, -0.25) is 9.59 Å². The minimum atomic E-state index is -0.946. The lowest BCUT2D eigenvalue weighted by atomic mass is 9.67. The minimum absolute atomic E-state index is 0.106. The second kappa shape index (κ2) is 12.1. The zero-order valence-electron chi connectivity index (χ0n) is 23.0. The van der Waals surface area contributed by atoms with Gasteiger partial charge >= 0.3 is 11.9 Å². The molecule has 4 aromatic carbocycles. The zero-order valence-corrected chi connectivity index (χ0v) is 24.6. The molecule has 0 heterocycles. The van der Waals surface area contributed by atoms with Gasteiger partial charge in [0.25, 0.3) is 0 Å². The quantitative estimate of drug-likeness (QED) is 0.0723. The Bertz CT molecular complexity index is 1490. The van der Waals surface area contributed by atoms with Crippen molar-refractivity contribution in [3.8, 4) is 16.9 Å². The minimum Gasteiger partial charge on any atom is -0.481 e. The third-order valence-corrected chi connectivity index (χ3v) is 9.78. The summed E-state index contributed by atoms with van der Waals surface area (Å²) in [5.41, 5.74) is 6.18. The van der Waals surface area contributed by atoms with Crippen molar-refractivity contribution in [3.63, 3.8) is 0 Å². The molecule has 0 saturated heterocycles. The number of aliphatic hydroxyl groups is 1. The van der Waals surface area contributed by atoms with Crippen LogP contribution < -0.4 is 4.74 Å². The van der Waals surface area contributed by atoms with Crippen LogP contribution in [-0.2, 0) is 20.6 Å². The fourth-order valence-electron chi connectivity index (χ4n) is 5.48. The molecule has 0 aliphatic heterocycles. The van der Waals surface area contributed by atoms with Gasteiger partial charge in [-0.05, 0) is 64.9 Å². The molecule has 0 unspecified atom stereocenters. The standard InChI is InChI=1S/C34H32O5S2/c1-33(2,38)23-11-13-24(14-12-23)34(29-9-5-3-7-27(29)28-8-4-6-10-30(28)34)25-15-17-26(18-16-25)39-32(37)20-22-41-40-21-19-31(35)36/h3-18,38H,19-22H2,1-2H3,(H,35,36). The first-order valence-electron chi connectivity index (χ1n) is 13.5. The van der Waals surface area contributed by atoms with Gasteiger partial charge in [0.2, 0.25) is 0 Å². The highest BCUT2D eigenvalue weighted by atomic mass is 33.1. The summed E-state index contributed by atoms with van der Waals surface area (Å²) in [6.07, 6.45) is 0.346. The molecule has 0 fully saturated rings. The van der Waals surface area contributed by atoms with Crippen molar-refractivity contribution in [2.24, 2.45) is 0 Å². The summed E-state index contributed by atoms with van der Waals surface area (Å²) in [5.74, 6) is 0.397. The molecule has 5 nitrogen and oxygen atoms in total. The van der Waals surface area contributed by atoms with Gasteiger partial charge < -0.3 is 14.9 Å². The molecule has 0 amide bonds. The van der Waals surface area contributed by atoms with E-state index in [4.69, 9.17) is 9.84 Å². The van der Waals surface area contributed by atoms with Crippen LogP contribution in [0.15, 0.2) is 97.1 Å². The van der Waals surface area contributed by atoms with Gasteiger partial charge in [0, 0.05) is 11.5 Å². The molecule has 0 atom stereocenters. The van der Waals surface area contributed by atoms with Gasteiger partial charge in [0.05, 0.1) is 23.9 Å². The Morgan fingerprint density at radius 3 is 1.73 bits per heavy atom. The van der Waals surface area contributed by atoms with E-state index < -0.39 is 17.0 Å². The lowest BCUT2D eigenvalue weighted by Crippen LogP contribution is -2.29. The molecule has 5 rings (SSSR count). The SMILES string of the molecule is CC(C)(O)c1ccc(C2(c3ccc(OC(=O)CCSSCCC(=O)O)cc3)c3ccccc3-c3ccccc32)cc1. The van der Waals surface area contributed by atoms with E-state index in [2.05, 4.69) is 60.7 Å².